The maximum Gasteiger partial charge on any atom is 0.315 e. The maximum absolute atomic E-state index is 12.3. The first kappa shape index (κ1) is 17.2. The van der Waals surface area contributed by atoms with E-state index in [1.54, 1.807) is 11.8 Å². The Balaban J connectivity index is 1.96. The highest BCUT2D eigenvalue weighted by Gasteiger charge is 2.30. The van der Waals surface area contributed by atoms with Crippen molar-refractivity contribution in [3.8, 4) is 0 Å². The number of benzene rings is 1. The van der Waals surface area contributed by atoms with Crippen LogP contribution in [0, 0.1) is 5.92 Å². The molecule has 4 nitrogen and oxygen atoms in total. The molecule has 0 bridgehead atoms. The fourth-order valence-electron chi connectivity index (χ4n) is 2.83. The van der Waals surface area contributed by atoms with Crippen molar-refractivity contribution < 1.29 is 9.90 Å². The molecule has 1 aromatic carbocycles. The topological polar surface area (TPSA) is 61.4 Å². The summed E-state index contributed by atoms with van der Waals surface area (Å²) in [5, 5.41) is 15.2. The van der Waals surface area contributed by atoms with Gasteiger partial charge in [0.25, 0.3) is 0 Å². The van der Waals surface area contributed by atoms with Gasteiger partial charge >= 0.3 is 6.03 Å². The minimum atomic E-state index is -0.131. The van der Waals surface area contributed by atoms with Gasteiger partial charge in [0.05, 0.1) is 6.04 Å². The number of carbonyl (C=O) groups is 1. The van der Waals surface area contributed by atoms with Gasteiger partial charge < -0.3 is 15.7 Å². The second kappa shape index (κ2) is 9.06. The van der Waals surface area contributed by atoms with Crippen LogP contribution >= 0.6 is 11.8 Å². The van der Waals surface area contributed by atoms with Crippen LogP contribution in [0.25, 0.3) is 0 Å². The lowest BCUT2D eigenvalue weighted by atomic mass is 9.77. The molecular formula is C17H26N2O2S. The zero-order chi connectivity index (χ0) is 15.8. The van der Waals surface area contributed by atoms with Gasteiger partial charge in [-0.2, -0.15) is 11.8 Å². The molecule has 0 aromatic heterocycles. The predicted octanol–water partition coefficient (Wildman–Crippen LogP) is 2.94. The molecular weight excluding hydrogens is 296 g/mol. The normalized spacial score (nSPS) is 17.4. The molecule has 1 aromatic rings. The number of carbonyl (C=O) groups excluding carboxylic acids is 1. The Kier molecular flexibility index (Phi) is 7.06. The molecule has 3 N–H and O–H groups in total. The van der Waals surface area contributed by atoms with Crippen molar-refractivity contribution in [2.75, 3.05) is 18.6 Å². The van der Waals surface area contributed by atoms with E-state index in [0.717, 1.165) is 5.75 Å². The number of thioether (sulfide) groups is 1. The fraction of sp³-hybridized carbons (Fsp3) is 0.588. The highest BCUT2D eigenvalue weighted by Crippen LogP contribution is 2.37. The summed E-state index contributed by atoms with van der Waals surface area (Å²) in [7, 11) is 0. The molecule has 2 rings (SSSR count). The van der Waals surface area contributed by atoms with Crippen LogP contribution in [0.4, 0.5) is 4.79 Å². The van der Waals surface area contributed by atoms with Gasteiger partial charge in [0.1, 0.15) is 0 Å². The number of rotatable bonds is 8. The number of hydrogen-bond acceptors (Lipinski definition) is 3. The van der Waals surface area contributed by atoms with E-state index in [0.29, 0.717) is 12.3 Å². The van der Waals surface area contributed by atoms with Crippen molar-refractivity contribution in [1.82, 2.24) is 10.6 Å². The third kappa shape index (κ3) is 4.92. The SMILES string of the molecule is CSCC(CCO)NC(=O)NC(c1ccccc1)C1CCC1. The Morgan fingerprint density at radius 3 is 2.59 bits per heavy atom. The minimum Gasteiger partial charge on any atom is -0.396 e. The van der Waals surface area contributed by atoms with Crippen molar-refractivity contribution in [3.05, 3.63) is 35.9 Å². The first-order chi connectivity index (χ1) is 10.7. The summed E-state index contributed by atoms with van der Waals surface area (Å²) in [5.41, 5.74) is 1.17. The average Bonchev–Trinajstić information content (AvgIpc) is 2.46. The molecule has 0 saturated heterocycles. The summed E-state index contributed by atoms with van der Waals surface area (Å²) in [4.78, 5) is 12.3. The summed E-state index contributed by atoms with van der Waals surface area (Å²) < 4.78 is 0. The van der Waals surface area contributed by atoms with Crippen LogP contribution in [0.2, 0.25) is 0 Å². The molecule has 0 heterocycles. The quantitative estimate of drug-likeness (QED) is 0.689. The Labute approximate surface area is 137 Å². The predicted molar refractivity (Wildman–Crippen MR) is 92.1 cm³/mol. The smallest absolute Gasteiger partial charge is 0.315 e. The molecule has 2 amide bonds. The van der Waals surface area contributed by atoms with Crippen molar-refractivity contribution >= 4 is 17.8 Å². The summed E-state index contributed by atoms with van der Waals surface area (Å²) in [6.07, 6.45) is 6.19. The minimum absolute atomic E-state index is 0.0119. The highest BCUT2D eigenvalue weighted by atomic mass is 32.2. The Morgan fingerprint density at radius 2 is 2.05 bits per heavy atom. The third-order valence-electron chi connectivity index (χ3n) is 4.25. The van der Waals surface area contributed by atoms with Crippen LogP contribution in [0.15, 0.2) is 30.3 Å². The number of nitrogens with one attached hydrogen (secondary N) is 2. The molecule has 1 saturated carbocycles. The molecule has 0 aliphatic heterocycles. The van der Waals surface area contributed by atoms with Gasteiger partial charge in [0.2, 0.25) is 0 Å². The van der Waals surface area contributed by atoms with Crippen LogP contribution in [-0.2, 0) is 0 Å². The van der Waals surface area contributed by atoms with Crippen LogP contribution < -0.4 is 10.6 Å². The second-order valence-corrected chi connectivity index (χ2v) is 6.77. The maximum atomic E-state index is 12.3. The van der Waals surface area contributed by atoms with E-state index in [2.05, 4.69) is 22.8 Å². The second-order valence-electron chi connectivity index (χ2n) is 5.86. The van der Waals surface area contributed by atoms with Gasteiger partial charge in [0, 0.05) is 18.4 Å². The van der Waals surface area contributed by atoms with E-state index in [1.807, 2.05) is 24.5 Å². The summed E-state index contributed by atoms with van der Waals surface area (Å²) in [6, 6.07) is 10.2. The third-order valence-corrected chi connectivity index (χ3v) is 4.98. The van der Waals surface area contributed by atoms with Gasteiger partial charge in [-0.3, -0.25) is 0 Å². The lowest BCUT2D eigenvalue weighted by molar-refractivity contribution is 0.203. The van der Waals surface area contributed by atoms with Crippen LogP contribution in [0.5, 0.6) is 0 Å². The van der Waals surface area contributed by atoms with E-state index in [1.165, 1.54) is 24.8 Å². The van der Waals surface area contributed by atoms with Crippen LogP contribution in [-0.4, -0.2) is 35.8 Å². The monoisotopic (exact) mass is 322 g/mol. The van der Waals surface area contributed by atoms with Crippen molar-refractivity contribution in [1.29, 1.82) is 0 Å². The standard InChI is InChI=1S/C17H26N2O2S/c1-22-12-15(10-11-20)18-17(21)19-16(14-8-5-9-14)13-6-3-2-4-7-13/h2-4,6-7,14-16,20H,5,8-12H2,1H3,(H2,18,19,21). The molecule has 2 atom stereocenters. The molecule has 1 fully saturated rings. The molecule has 1 aliphatic rings. The lowest BCUT2D eigenvalue weighted by Crippen LogP contribution is -2.47. The molecule has 0 radical (unpaired) electrons. The number of amides is 2. The van der Waals surface area contributed by atoms with Gasteiger partial charge in [-0.05, 0) is 37.0 Å². The molecule has 2 unspecified atom stereocenters. The number of aliphatic hydroxyl groups is 1. The lowest BCUT2D eigenvalue weighted by Gasteiger charge is -2.35. The summed E-state index contributed by atoms with van der Waals surface area (Å²) in [6.45, 7) is 0.0935. The molecule has 1 aliphatic carbocycles. The average molecular weight is 322 g/mol. The summed E-state index contributed by atoms with van der Waals surface area (Å²) >= 11 is 1.68. The van der Waals surface area contributed by atoms with Crippen molar-refractivity contribution in [3.63, 3.8) is 0 Å². The van der Waals surface area contributed by atoms with Crippen molar-refractivity contribution in [2.45, 2.75) is 37.8 Å². The number of aliphatic hydroxyl groups excluding tert-OH is 1. The Hall–Kier alpha value is -1.20. The Bertz CT molecular complexity index is 445. The van der Waals surface area contributed by atoms with Gasteiger partial charge in [-0.15, -0.1) is 0 Å². The summed E-state index contributed by atoms with van der Waals surface area (Å²) in [5.74, 6) is 1.35. The highest BCUT2D eigenvalue weighted by molar-refractivity contribution is 7.98. The zero-order valence-corrected chi connectivity index (χ0v) is 13.9. The number of hydrogen-bond donors (Lipinski definition) is 3. The first-order valence-corrected chi connectivity index (χ1v) is 9.35. The molecule has 5 heteroatoms. The van der Waals surface area contributed by atoms with Gasteiger partial charge in [-0.1, -0.05) is 36.8 Å². The van der Waals surface area contributed by atoms with Crippen LogP contribution in [0.1, 0.15) is 37.3 Å². The van der Waals surface area contributed by atoms with E-state index in [-0.39, 0.29) is 24.7 Å². The molecule has 22 heavy (non-hydrogen) atoms. The van der Waals surface area contributed by atoms with Crippen molar-refractivity contribution in [2.24, 2.45) is 5.92 Å². The van der Waals surface area contributed by atoms with Crippen LogP contribution in [0.3, 0.4) is 0 Å². The first-order valence-electron chi connectivity index (χ1n) is 7.96. The number of urea groups is 1. The molecule has 0 spiro atoms. The van der Waals surface area contributed by atoms with E-state index >= 15 is 0 Å². The van der Waals surface area contributed by atoms with E-state index in [9.17, 15) is 4.79 Å². The van der Waals surface area contributed by atoms with E-state index in [4.69, 9.17) is 5.11 Å². The van der Waals surface area contributed by atoms with Gasteiger partial charge in [-0.25, -0.2) is 4.79 Å². The largest absolute Gasteiger partial charge is 0.396 e. The van der Waals surface area contributed by atoms with E-state index < -0.39 is 0 Å². The Morgan fingerprint density at radius 1 is 1.32 bits per heavy atom. The van der Waals surface area contributed by atoms with Gasteiger partial charge in [0.15, 0.2) is 0 Å². The molecule has 122 valence electrons. The fourth-order valence-corrected chi connectivity index (χ4v) is 3.48. The zero-order valence-electron chi connectivity index (χ0n) is 13.1.